The van der Waals surface area contributed by atoms with Gasteiger partial charge >= 0.3 is 0 Å². The molecule has 0 spiro atoms. The number of halogens is 1. The van der Waals surface area contributed by atoms with Crippen LogP contribution in [0.5, 0.6) is 0 Å². The van der Waals surface area contributed by atoms with E-state index < -0.39 is 35.8 Å². The Balaban J connectivity index is 1.51. The zero-order valence-corrected chi connectivity index (χ0v) is 16.6. The van der Waals surface area contributed by atoms with Gasteiger partial charge in [-0.05, 0) is 12.1 Å². The van der Waals surface area contributed by atoms with Crippen molar-refractivity contribution >= 4 is 25.8 Å². The zero-order chi connectivity index (χ0) is 20.5. The van der Waals surface area contributed by atoms with E-state index in [0.717, 1.165) is 12.1 Å². The van der Waals surface area contributed by atoms with Crippen LogP contribution in [0.3, 0.4) is 0 Å². The van der Waals surface area contributed by atoms with Crippen LogP contribution in [0, 0.1) is 5.82 Å². The summed E-state index contributed by atoms with van der Waals surface area (Å²) in [6.45, 7) is -0.176. The number of hydrogen-bond acceptors (Lipinski definition) is 6. The van der Waals surface area contributed by atoms with E-state index in [0.29, 0.717) is 0 Å². The maximum absolute atomic E-state index is 13.6. The minimum atomic E-state index is -4.07. The molecule has 9 nitrogen and oxygen atoms in total. The molecule has 0 bridgehead atoms. The quantitative estimate of drug-likeness (QED) is 0.656. The highest BCUT2D eigenvalue weighted by Gasteiger charge is 2.42. The van der Waals surface area contributed by atoms with E-state index in [-0.39, 0.29) is 37.1 Å². The van der Waals surface area contributed by atoms with E-state index >= 15 is 0 Å². The van der Waals surface area contributed by atoms with Crippen molar-refractivity contribution in [1.29, 1.82) is 0 Å². The first-order valence-corrected chi connectivity index (χ1v) is 11.4. The lowest BCUT2D eigenvalue weighted by Gasteiger charge is -2.38. The Kier molecular flexibility index (Phi) is 5.55. The number of nitrogens with zero attached hydrogens (tertiary/aromatic N) is 3. The molecule has 1 aliphatic rings. The van der Waals surface area contributed by atoms with Gasteiger partial charge in [0.05, 0.1) is 0 Å². The van der Waals surface area contributed by atoms with E-state index in [1.165, 1.54) is 34.0 Å². The Morgan fingerprint density at radius 1 is 1.25 bits per heavy atom. The standard InChI is InChI=1S/C16H19FN4O5S2/c1-20-9-8-18-16(20)27(23,24)12-10-21(11-12)15(22)6-7-19-28(25,26)14-5-3-2-4-13(14)17/h2-5,8-9,12,19H,6-7,10-11H2,1H3. The Bertz CT molecular complexity index is 1090. The van der Waals surface area contributed by atoms with Crippen molar-refractivity contribution in [2.45, 2.75) is 21.7 Å². The van der Waals surface area contributed by atoms with Gasteiger partial charge in [0.1, 0.15) is 16.0 Å². The highest BCUT2D eigenvalue weighted by molar-refractivity contribution is 7.92. The Morgan fingerprint density at radius 3 is 2.54 bits per heavy atom. The summed E-state index contributed by atoms with van der Waals surface area (Å²) in [6.07, 6.45) is 2.75. The number of sulfone groups is 1. The number of carbonyl (C=O) groups is 1. The predicted molar refractivity (Wildman–Crippen MR) is 97.0 cm³/mol. The molecule has 2 aromatic rings. The maximum Gasteiger partial charge on any atom is 0.243 e. The molecule has 3 rings (SSSR count). The lowest BCUT2D eigenvalue weighted by atomic mass is 10.2. The average molecular weight is 430 g/mol. The highest BCUT2D eigenvalue weighted by Crippen LogP contribution is 2.23. The number of hydrogen-bond donors (Lipinski definition) is 1. The number of imidazole rings is 1. The summed E-state index contributed by atoms with van der Waals surface area (Å²) in [4.78, 5) is 16.8. The van der Waals surface area contributed by atoms with Gasteiger partial charge in [-0.3, -0.25) is 4.79 Å². The summed E-state index contributed by atoms with van der Waals surface area (Å²) in [7, 11) is -6.14. The van der Waals surface area contributed by atoms with Crippen molar-refractivity contribution in [3.05, 3.63) is 42.5 Å². The fourth-order valence-electron chi connectivity index (χ4n) is 2.80. The second-order valence-electron chi connectivity index (χ2n) is 6.36. The first kappa shape index (κ1) is 20.4. The van der Waals surface area contributed by atoms with Gasteiger partial charge in [0.25, 0.3) is 0 Å². The van der Waals surface area contributed by atoms with Crippen LogP contribution >= 0.6 is 0 Å². The number of benzene rings is 1. The molecule has 1 aliphatic heterocycles. The average Bonchev–Trinajstić information content (AvgIpc) is 3.00. The fourth-order valence-corrected chi connectivity index (χ4v) is 5.63. The molecule has 1 N–H and O–H groups in total. The molecule has 0 saturated carbocycles. The van der Waals surface area contributed by atoms with E-state index in [9.17, 15) is 26.0 Å². The van der Waals surface area contributed by atoms with Gasteiger partial charge in [0.15, 0.2) is 0 Å². The van der Waals surface area contributed by atoms with Crippen molar-refractivity contribution in [2.24, 2.45) is 7.05 Å². The van der Waals surface area contributed by atoms with Crippen molar-refractivity contribution in [3.63, 3.8) is 0 Å². The largest absolute Gasteiger partial charge is 0.340 e. The van der Waals surface area contributed by atoms with Crippen LogP contribution in [-0.4, -0.2) is 62.1 Å². The lowest BCUT2D eigenvalue weighted by Crippen LogP contribution is -2.57. The number of amides is 1. The van der Waals surface area contributed by atoms with Gasteiger partial charge in [-0.1, -0.05) is 12.1 Å². The number of aryl methyl sites for hydroxylation is 1. The second-order valence-corrected chi connectivity index (χ2v) is 10.2. The van der Waals surface area contributed by atoms with Gasteiger partial charge in [0.2, 0.25) is 30.9 Å². The maximum atomic E-state index is 13.6. The Hall–Kier alpha value is -2.31. The van der Waals surface area contributed by atoms with Crippen molar-refractivity contribution in [2.75, 3.05) is 19.6 Å². The topological polar surface area (TPSA) is 118 Å². The fraction of sp³-hybridized carbons (Fsp3) is 0.375. The summed E-state index contributed by atoms with van der Waals surface area (Å²) >= 11 is 0. The Morgan fingerprint density at radius 2 is 1.93 bits per heavy atom. The van der Waals surface area contributed by atoms with Gasteiger partial charge in [-0.15, -0.1) is 0 Å². The molecular weight excluding hydrogens is 411 g/mol. The molecule has 0 atom stereocenters. The zero-order valence-electron chi connectivity index (χ0n) is 14.9. The van der Waals surface area contributed by atoms with Crippen LogP contribution in [0.25, 0.3) is 0 Å². The summed E-state index contributed by atoms with van der Waals surface area (Å²) in [5, 5.41) is -0.796. The number of sulfonamides is 1. The molecule has 1 fully saturated rings. The first-order chi connectivity index (χ1) is 13.1. The third-order valence-electron chi connectivity index (χ3n) is 4.43. The van der Waals surface area contributed by atoms with Gasteiger partial charge in [-0.25, -0.2) is 30.9 Å². The third kappa shape index (κ3) is 3.93. The molecule has 1 amide bonds. The molecule has 1 aromatic heterocycles. The predicted octanol–water partition coefficient (Wildman–Crippen LogP) is -0.0877. The van der Waals surface area contributed by atoms with Crippen molar-refractivity contribution in [3.8, 4) is 0 Å². The van der Waals surface area contributed by atoms with Gasteiger partial charge in [0, 0.05) is 45.5 Å². The number of rotatable bonds is 7. The van der Waals surface area contributed by atoms with Crippen LogP contribution in [0.15, 0.2) is 46.7 Å². The van der Waals surface area contributed by atoms with E-state index in [2.05, 4.69) is 9.71 Å². The van der Waals surface area contributed by atoms with Crippen LogP contribution in [-0.2, 0) is 31.7 Å². The van der Waals surface area contributed by atoms with E-state index in [1.807, 2.05) is 0 Å². The van der Waals surface area contributed by atoms with Crippen LogP contribution in [0.1, 0.15) is 6.42 Å². The SMILES string of the molecule is Cn1ccnc1S(=O)(=O)C1CN(C(=O)CCNS(=O)(=O)c2ccccc2F)C1. The van der Waals surface area contributed by atoms with E-state index in [1.54, 1.807) is 7.05 Å². The number of carbonyl (C=O) groups excluding carboxylic acids is 1. The van der Waals surface area contributed by atoms with Crippen molar-refractivity contribution < 1.29 is 26.0 Å². The molecular formula is C16H19FN4O5S2. The van der Waals surface area contributed by atoms with Crippen molar-refractivity contribution in [1.82, 2.24) is 19.2 Å². The molecule has 12 heteroatoms. The Labute approximate surface area is 162 Å². The third-order valence-corrected chi connectivity index (χ3v) is 8.00. The number of likely N-dealkylation sites (tertiary alicyclic amines) is 1. The number of nitrogens with one attached hydrogen (secondary N) is 1. The summed E-state index contributed by atoms with van der Waals surface area (Å²) in [6, 6.07) is 4.92. The molecule has 28 heavy (non-hydrogen) atoms. The van der Waals surface area contributed by atoms with Crippen LogP contribution in [0.4, 0.5) is 4.39 Å². The van der Waals surface area contributed by atoms with Gasteiger partial charge < -0.3 is 9.47 Å². The molecule has 1 aromatic carbocycles. The highest BCUT2D eigenvalue weighted by atomic mass is 32.2. The first-order valence-electron chi connectivity index (χ1n) is 8.36. The summed E-state index contributed by atoms with van der Waals surface area (Å²) in [5.41, 5.74) is 0. The normalized spacial score (nSPS) is 15.4. The second kappa shape index (κ2) is 7.60. The summed E-state index contributed by atoms with van der Waals surface area (Å²) < 4.78 is 66.2. The van der Waals surface area contributed by atoms with Crippen LogP contribution in [0.2, 0.25) is 0 Å². The minimum absolute atomic E-state index is 0.0219. The lowest BCUT2D eigenvalue weighted by molar-refractivity contribution is -0.134. The molecule has 152 valence electrons. The van der Waals surface area contributed by atoms with Gasteiger partial charge in [-0.2, -0.15) is 0 Å². The summed E-state index contributed by atoms with van der Waals surface area (Å²) in [5.74, 6) is -1.27. The minimum Gasteiger partial charge on any atom is -0.340 e. The molecule has 0 radical (unpaired) electrons. The van der Waals surface area contributed by atoms with E-state index in [4.69, 9.17) is 0 Å². The van der Waals surface area contributed by atoms with Crippen LogP contribution < -0.4 is 4.72 Å². The molecule has 0 aliphatic carbocycles. The molecule has 0 unspecified atom stereocenters. The monoisotopic (exact) mass is 430 g/mol. The number of aromatic nitrogens is 2. The smallest absolute Gasteiger partial charge is 0.243 e. The molecule has 2 heterocycles. The molecule has 1 saturated heterocycles.